The van der Waals surface area contributed by atoms with Crippen LogP contribution < -0.4 is 5.32 Å². The van der Waals surface area contributed by atoms with Crippen molar-refractivity contribution in [2.24, 2.45) is 0 Å². The van der Waals surface area contributed by atoms with Gasteiger partial charge < -0.3 is 10.1 Å². The van der Waals surface area contributed by atoms with E-state index in [0.717, 1.165) is 19.7 Å². The molecule has 0 aromatic heterocycles. The molecule has 2 nitrogen and oxygen atoms in total. The van der Waals surface area contributed by atoms with Crippen molar-refractivity contribution < 1.29 is 4.74 Å². The molecular formula is C11H21NO. The SMILES string of the molecule is CCCNCC(C)=CC1CCCO1. The fourth-order valence-electron chi connectivity index (χ4n) is 1.57. The van der Waals surface area contributed by atoms with Gasteiger partial charge >= 0.3 is 0 Å². The second kappa shape index (κ2) is 6.17. The smallest absolute Gasteiger partial charge is 0.0759 e. The summed E-state index contributed by atoms with van der Waals surface area (Å²) in [6.07, 6.45) is 6.27. The van der Waals surface area contributed by atoms with Crippen molar-refractivity contribution in [2.75, 3.05) is 19.7 Å². The molecule has 2 heteroatoms. The van der Waals surface area contributed by atoms with Crippen LogP contribution >= 0.6 is 0 Å². The van der Waals surface area contributed by atoms with Crippen molar-refractivity contribution >= 4 is 0 Å². The summed E-state index contributed by atoms with van der Waals surface area (Å²) in [6.45, 7) is 7.41. The summed E-state index contributed by atoms with van der Waals surface area (Å²) in [4.78, 5) is 0. The zero-order valence-electron chi connectivity index (χ0n) is 8.81. The van der Waals surface area contributed by atoms with E-state index < -0.39 is 0 Å². The Bertz CT molecular complexity index is 159. The topological polar surface area (TPSA) is 21.3 Å². The molecule has 0 bridgehead atoms. The van der Waals surface area contributed by atoms with Crippen LogP contribution in [-0.2, 0) is 4.74 Å². The minimum Gasteiger partial charge on any atom is -0.374 e. The highest BCUT2D eigenvalue weighted by Crippen LogP contribution is 2.14. The van der Waals surface area contributed by atoms with Gasteiger partial charge in [0.2, 0.25) is 0 Å². The summed E-state index contributed by atoms with van der Waals surface area (Å²) in [5.74, 6) is 0. The highest BCUT2D eigenvalue weighted by Gasteiger charge is 2.12. The molecule has 1 aliphatic rings. The third-order valence-electron chi connectivity index (χ3n) is 2.27. The molecule has 0 aromatic carbocycles. The average Bonchev–Trinajstić information content (AvgIpc) is 2.57. The average molecular weight is 183 g/mol. The highest BCUT2D eigenvalue weighted by atomic mass is 16.5. The number of ether oxygens (including phenoxy) is 1. The van der Waals surface area contributed by atoms with Gasteiger partial charge in [-0.1, -0.05) is 18.6 Å². The third kappa shape index (κ3) is 4.44. The lowest BCUT2D eigenvalue weighted by Gasteiger charge is -2.07. The Balaban J connectivity index is 2.16. The van der Waals surface area contributed by atoms with Crippen LogP contribution in [0.25, 0.3) is 0 Å². The van der Waals surface area contributed by atoms with Gasteiger partial charge in [-0.3, -0.25) is 0 Å². The Hall–Kier alpha value is -0.340. The second-order valence-electron chi connectivity index (χ2n) is 3.74. The molecule has 1 saturated heterocycles. The monoisotopic (exact) mass is 183 g/mol. The third-order valence-corrected chi connectivity index (χ3v) is 2.27. The summed E-state index contributed by atoms with van der Waals surface area (Å²) in [6, 6.07) is 0. The van der Waals surface area contributed by atoms with Gasteiger partial charge in [0.15, 0.2) is 0 Å². The number of hydrogen-bond donors (Lipinski definition) is 1. The van der Waals surface area contributed by atoms with E-state index in [1.807, 2.05) is 0 Å². The van der Waals surface area contributed by atoms with Crippen molar-refractivity contribution in [3.05, 3.63) is 11.6 Å². The molecule has 0 amide bonds. The minimum absolute atomic E-state index is 0.392. The van der Waals surface area contributed by atoms with Gasteiger partial charge in [0.25, 0.3) is 0 Å². The molecule has 13 heavy (non-hydrogen) atoms. The van der Waals surface area contributed by atoms with E-state index in [4.69, 9.17) is 4.74 Å². The molecule has 76 valence electrons. The van der Waals surface area contributed by atoms with Crippen LogP contribution in [-0.4, -0.2) is 25.8 Å². The van der Waals surface area contributed by atoms with Crippen molar-refractivity contribution in [1.29, 1.82) is 0 Å². The molecule has 0 saturated carbocycles. The van der Waals surface area contributed by atoms with Crippen LogP contribution in [0.1, 0.15) is 33.1 Å². The van der Waals surface area contributed by atoms with E-state index in [9.17, 15) is 0 Å². The van der Waals surface area contributed by atoms with E-state index in [1.165, 1.54) is 24.8 Å². The Morgan fingerprint density at radius 3 is 3.08 bits per heavy atom. The fourth-order valence-corrected chi connectivity index (χ4v) is 1.57. The van der Waals surface area contributed by atoms with E-state index >= 15 is 0 Å². The van der Waals surface area contributed by atoms with Crippen molar-refractivity contribution in [1.82, 2.24) is 5.32 Å². The Morgan fingerprint density at radius 2 is 2.46 bits per heavy atom. The zero-order valence-corrected chi connectivity index (χ0v) is 8.81. The first-order valence-corrected chi connectivity index (χ1v) is 5.32. The first-order chi connectivity index (χ1) is 6.33. The molecule has 1 rings (SSSR count). The largest absolute Gasteiger partial charge is 0.374 e. The Kier molecular flexibility index (Phi) is 5.09. The van der Waals surface area contributed by atoms with E-state index in [-0.39, 0.29) is 0 Å². The molecular weight excluding hydrogens is 162 g/mol. The second-order valence-corrected chi connectivity index (χ2v) is 3.74. The maximum atomic E-state index is 5.53. The van der Waals surface area contributed by atoms with Gasteiger partial charge in [0.1, 0.15) is 0 Å². The van der Waals surface area contributed by atoms with Gasteiger partial charge in [0, 0.05) is 13.2 Å². The van der Waals surface area contributed by atoms with Crippen LogP contribution in [0.4, 0.5) is 0 Å². The van der Waals surface area contributed by atoms with Crippen molar-refractivity contribution in [3.8, 4) is 0 Å². The lowest BCUT2D eigenvalue weighted by atomic mass is 10.1. The maximum Gasteiger partial charge on any atom is 0.0759 e. The number of rotatable bonds is 5. The summed E-state index contributed by atoms with van der Waals surface area (Å²) in [5, 5.41) is 3.38. The van der Waals surface area contributed by atoms with Gasteiger partial charge in [0.05, 0.1) is 6.10 Å². The predicted molar refractivity (Wildman–Crippen MR) is 55.9 cm³/mol. The molecule has 1 atom stereocenters. The minimum atomic E-state index is 0.392. The standard InChI is InChI=1S/C11H21NO/c1-3-6-12-9-10(2)8-11-5-4-7-13-11/h8,11-12H,3-7,9H2,1-2H3. The normalized spacial score (nSPS) is 23.8. The number of nitrogens with one attached hydrogen (secondary N) is 1. The quantitative estimate of drug-likeness (QED) is 0.520. The van der Waals surface area contributed by atoms with Crippen LogP contribution in [0.15, 0.2) is 11.6 Å². The molecule has 1 heterocycles. The summed E-state index contributed by atoms with van der Waals surface area (Å²) < 4.78 is 5.53. The molecule has 0 aromatic rings. The van der Waals surface area contributed by atoms with Crippen molar-refractivity contribution in [2.45, 2.75) is 39.2 Å². The molecule has 1 fully saturated rings. The molecule has 0 radical (unpaired) electrons. The maximum absolute atomic E-state index is 5.53. The van der Waals surface area contributed by atoms with Crippen molar-refractivity contribution in [3.63, 3.8) is 0 Å². The van der Waals surface area contributed by atoms with Crippen LogP contribution in [0.3, 0.4) is 0 Å². The van der Waals surface area contributed by atoms with Gasteiger partial charge in [-0.25, -0.2) is 0 Å². The Labute approximate surface area is 81.4 Å². The molecule has 1 unspecified atom stereocenters. The first kappa shape index (κ1) is 10.7. The molecule has 0 aliphatic carbocycles. The zero-order chi connectivity index (χ0) is 9.52. The molecule has 0 spiro atoms. The van der Waals surface area contributed by atoms with E-state index in [2.05, 4.69) is 25.2 Å². The lowest BCUT2D eigenvalue weighted by molar-refractivity contribution is 0.145. The van der Waals surface area contributed by atoms with Gasteiger partial charge in [-0.05, 0) is 32.7 Å². The lowest BCUT2D eigenvalue weighted by Crippen LogP contribution is -2.17. The first-order valence-electron chi connectivity index (χ1n) is 5.32. The van der Waals surface area contributed by atoms with Crippen LogP contribution in [0, 0.1) is 0 Å². The molecule has 1 aliphatic heterocycles. The van der Waals surface area contributed by atoms with E-state index in [1.54, 1.807) is 0 Å². The van der Waals surface area contributed by atoms with Crippen LogP contribution in [0.5, 0.6) is 0 Å². The highest BCUT2D eigenvalue weighted by molar-refractivity contribution is 5.04. The summed E-state index contributed by atoms with van der Waals surface area (Å²) >= 11 is 0. The fraction of sp³-hybridized carbons (Fsp3) is 0.818. The summed E-state index contributed by atoms with van der Waals surface area (Å²) in [5.41, 5.74) is 1.40. The molecule has 1 N–H and O–H groups in total. The Morgan fingerprint density at radius 1 is 1.62 bits per heavy atom. The summed E-state index contributed by atoms with van der Waals surface area (Å²) in [7, 11) is 0. The van der Waals surface area contributed by atoms with Crippen LogP contribution in [0.2, 0.25) is 0 Å². The van der Waals surface area contributed by atoms with E-state index in [0.29, 0.717) is 6.10 Å². The predicted octanol–water partition coefficient (Wildman–Crippen LogP) is 2.11. The van der Waals surface area contributed by atoms with Gasteiger partial charge in [-0.2, -0.15) is 0 Å². The number of hydrogen-bond acceptors (Lipinski definition) is 2. The van der Waals surface area contributed by atoms with Gasteiger partial charge in [-0.15, -0.1) is 0 Å².